The predicted octanol–water partition coefficient (Wildman–Crippen LogP) is 3.17. The van der Waals surface area contributed by atoms with E-state index in [1.165, 1.54) is 17.8 Å². The SMILES string of the molecule is Fc1ccc(OCC2CCOc3ccccc32)cn1. The smallest absolute Gasteiger partial charge is 0.213 e. The zero-order valence-corrected chi connectivity index (χ0v) is 10.4. The fourth-order valence-corrected chi connectivity index (χ4v) is 2.23. The number of hydrogen-bond donors (Lipinski definition) is 0. The molecule has 1 aliphatic rings. The van der Waals surface area contributed by atoms with Gasteiger partial charge in [0, 0.05) is 11.5 Å². The molecule has 0 saturated heterocycles. The van der Waals surface area contributed by atoms with Crippen molar-refractivity contribution < 1.29 is 13.9 Å². The van der Waals surface area contributed by atoms with Gasteiger partial charge in [-0.3, -0.25) is 0 Å². The molecule has 0 aliphatic carbocycles. The first-order valence-corrected chi connectivity index (χ1v) is 6.29. The maximum absolute atomic E-state index is 12.7. The molecule has 4 heteroatoms. The van der Waals surface area contributed by atoms with E-state index in [1.807, 2.05) is 18.2 Å². The summed E-state index contributed by atoms with van der Waals surface area (Å²) < 4.78 is 24.0. The zero-order valence-electron chi connectivity index (χ0n) is 10.4. The Bertz CT molecular complexity index is 556. The Kier molecular flexibility index (Phi) is 3.31. The van der Waals surface area contributed by atoms with Gasteiger partial charge in [-0.15, -0.1) is 0 Å². The summed E-state index contributed by atoms with van der Waals surface area (Å²) in [5.74, 6) is 1.32. The fraction of sp³-hybridized carbons (Fsp3) is 0.267. The summed E-state index contributed by atoms with van der Waals surface area (Å²) in [6.07, 6.45) is 2.33. The van der Waals surface area contributed by atoms with Crippen molar-refractivity contribution in [2.24, 2.45) is 0 Å². The Labute approximate surface area is 111 Å². The van der Waals surface area contributed by atoms with Crippen molar-refractivity contribution in [3.05, 3.63) is 54.1 Å². The van der Waals surface area contributed by atoms with Crippen LogP contribution in [-0.2, 0) is 0 Å². The molecule has 0 radical (unpaired) electrons. The molecular formula is C15H14FNO2. The molecule has 1 aromatic carbocycles. The molecule has 98 valence electrons. The van der Waals surface area contributed by atoms with E-state index in [4.69, 9.17) is 9.47 Å². The molecule has 2 aromatic rings. The molecule has 2 heterocycles. The lowest BCUT2D eigenvalue weighted by atomic mass is 9.94. The summed E-state index contributed by atoms with van der Waals surface area (Å²) in [4.78, 5) is 3.57. The molecule has 0 N–H and O–H groups in total. The minimum Gasteiger partial charge on any atom is -0.493 e. The standard InChI is InChI=1S/C15H14FNO2/c16-15-6-5-12(9-17-15)19-10-11-7-8-18-14-4-2-1-3-13(11)14/h1-6,9,11H,7-8,10H2. The summed E-state index contributed by atoms with van der Waals surface area (Å²) in [5, 5.41) is 0. The highest BCUT2D eigenvalue weighted by Gasteiger charge is 2.21. The average molecular weight is 259 g/mol. The fourth-order valence-electron chi connectivity index (χ4n) is 2.23. The number of halogens is 1. The van der Waals surface area contributed by atoms with E-state index in [2.05, 4.69) is 11.1 Å². The van der Waals surface area contributed by atoms with Gasteiger partial charge < -0.3 is 9.47 Å². The van der Waals surface area contributed by atoms with Crippen molar-refractivity contribution in [3.8, 4) is 11.5 Å². The van der Waals surface area contributed by atoms with Crippen LogP contribution in [0.1, 0.15) is 17.9 Å². The summed E-state index contributed by atoms with van der Waals surface area (Å²) in [6, 6.07) is 10.9. The molecule has 0 amide bonds. The van der Waals surface area contributed by atoms with Gasteiger partial charge in [0.25, 0.3) is 0 Å². The van der Waals surface area contributed by atoms with Crippen LogP contribution in [0.4, 0.5) is 4.39 Å². The van der Waals surface area contributed by atoms with Gasteiger partial charge in [-0.25, -0.2) is 4.98 Å². The predicted molar refractivity (Wildman–Crippen MR) is 69.0 cm³/mol. The van der Waals surface area contributed by atoms with E-state index in [0.717, 1.165) is 12.2 Å². The van der Waals surface area contributed by atoms with Gasteiger partial charge in [0.15, 0.2) is 0 Å². The number of para-hydroxylation sites is 1. The van der Waals surface area contributed by atoms with Gasteiger partial charge in [0.05, 0.1) is 19.4 Å². The topological polar surface area (TPSA) is 31.4 Å². The summed E-state index contributed by atoms with van der Waals surface area (Å²) in [5.41, 5.74) is 1.17. The van der Waals surface area contributed by atoms with Gasteiger partial charge in [-0.1, -0.05) is 18.2 Å². The average Bonchev–Trinajstić information content (AvgIpc) is 2.47. The third-order valence-corrected chi connectivity index (χ3v) is 3.23. The van der Waals surface area contributed by atoms with Gasteiger partial charge in [-0.05, 0) is 24.6 Å². The largest absolute Gasteiger partial charge is 0.493 e. The highest BCUT2D eigenvalue weighted by Crippen LogP contribution is 2.33. The van der Waals surface area contributed by atoms with Crippen LogP contribution in [0.25, 0.3) is 0 Å². The molecule has 1 atom stereocenters. The number of benzene rings is 1. The van der Waals surface area contributed by atoms with Gasteiger partial charge in [-0.2, -0.15) is 4.39 Å². The molecule has 3 nitrogen and oxygen atoms in total. The second-order valence-corrected chi connectivity index (χ2v) is 4.50. The van der Waals surface area contributed by atoms with Crippen LogP contribution in [0.15, 0.2) is 42.6 Å². The minimum absolute atomic E-state index is 0.301. The Hall–Kier alpha value is -2.10. The summed E-state index contributed by atoms with van der Waals surface area (Å²) in [7, 11) is 0. The van der Waals surface area contributed by atoms with Crippen molar-refractivity contribution >= 4 is 0 Å². The molecule has 0 spiro atoms. The number of pyridine rings is 1. The highest BCUT2D eigenvalue weighted by molar-refractivity contribution is 5.37. The molecule has 3 rings (SSSR count). The van der Waals surface area contributed by atoms with E-state index in [-0.39, 0.29) is 0 Å². The molecule has 1 unspecified atom stereocenters. The number of ether oxygens (including phenoxy) is 2. The van der Waals surface area contributed by atoms with Crippen molar-refractivity contribution in [2.45, 2.75) is 12.3 Å². The first kappa shape index (κ1) is 12.0. The van der Waals surface area contributed by atoms with E-state index < -0.39 is 5.95 Å². The second-order valence-electron chi connectivity index (χ2n) is 4.50. The van der Waals surface area contributed by atoms with Crippen LogP contribution >= 0.6 is 0 Å². The van der Waals surface area contributed by atoms with E-state index in [9.17, 15) is 4.39 Å². The van der Waals surface area contributed by atoms with Crippen molar-refractivity contribution in [1.82, 2.24) is 4.98 Å². The lowest BCUT2D eigenvalue weighted by Gasteiger charge is -2.25. The summed E-state index contributed by atoms with van der Waals surface area (Å²) >= 11 is 0. The summed E-state index contributed by atoms with van der Waals surface area (Å²) in [6.45, 7) is 1.25. The number of nitrogens with zero attached hydrogens (tertiary/aromatic N) is 1. The maximum Gasteiger partial charge on any atom is 0.213 e. The number of fused-ring (bicyclic) bond motifs is 1. The van der Waals surface area contributed by atoms with Crippen LogP contribution in [-0.4, -0.2) is 18.2 Å². The molecule has 1 aromatic heterocycles. The Morgan fingerprint density at radius 1 is 1.26 bits per heavy atom. The maximum atomic E-state index is 12.7. The molecule has 0 bridgehead atoms. The van der Waals surface area contributed by atoms with Gasteiger partial charge in [0.1, 0.15) is 11.5 Å². The highest BCUT2D eigenvalue weighted by atomic mass is 19.1. The molecule has 0 fully saturated rings. The van der Waals surface area contributed by atoms with Gasteiger partial charge >= 0.3 is 0 Å². The van der Waals surface area contributed by atoms with Crippen LogP contribution in [0.3, 0.4) is 0 Å². The molecule has 19 heavy (non-hydrogen) atoms. The monoisotopic (exact) mass is 259 g/mol. The van der Waals surface area contributed by atoms with Crippen molar-refractivity contribution in [1.29, 1.82) is 0 Å². The molecule has 1 aliphatic heterocycles. The van der Waals surface area contributed by atoms with Crippen molar-refractivity contribution in [3.63, 3.8) is 0 Å². The lowest BCUT2D eigenvalue weighted by Crippen LogP contribution is -2.19. The first-order chi connectivity index (χ1) is 9.33. The molecule has 0 saturated carbocycles. The van der Waals surface area contributed by atoms with Crippen LogP contribution in [0.2, 0.25) is 0 Å². The van der Waals surface area contributed by atoms with E-state index in [0.29, 0.717) is 24.9 Å². The zero-order chi connectivity index (χ0) is 13.1. The van der Waals surface area contributed by atoms with Crippen LogP contribution in [0, 0.1) is 5.95 Å². The minimum atomic E-state index is -0.497. The number of hydrogen-bond acceptors (Lipinski definition) is 3. The van der Waals surface area contributed by atoms with Crippen LogP contribution < -0.4 is 9.47 Å². The van der Waals surface area contributed by atoms with Crippen molar-refractivity contribution in [2.75, 3.05) is 13.2 Å². The van der Waals surface area contributed by atoms with E-state index in [1.54, 1.807) is 6.07 Å². The van der Waals surface area contributed by atoms with Gasteiger partial charge in [0.2, 0.25) is 5.95 Å². The third kappa shape index (κ3) is 2.67. The third-order valence-electron chi connectivity index (χ3n) is 3.23. The number of aromatic nitrogens is 1. The molecular weight excluding hydrogens is 245 g/mol. The Morgan fingerprint density at radius 2 is 2.16 bits per heavy atom. The quantitative estimate of drug-likeness (QED) is 0.793. The van der Waals surface area contributed by atoms with E-state index >= 15 is 0 Å². The first-order valence-electron chi connectivity index (χ1n) is 6.29. The lowest BCUT2D eigenvalue weighted by molar-refractivity contribution is 0.217. The Balaban J connectivity index is 1.69. The second kappa shape index (κ2) is 5.26. The normalized spacial score (nSPS) is 17.4. The van der Waals surface area contributed by atoms with Crippen LogP contribution in [0.5, 0.6) is 11.5 Å². The number of rotatable bonds is 3. The Morgan fingerprint density at radius 3 is 3.00 bits per heavy atom.